The first-order valence-corrected chi connectivity index (χ1v) is 11.3. The Morgan fingerprint density at radius 2 is 1.76 bits per heavy atom. The predicted octanol–water partition coefficient (Wildman–Crippen LogP) is 3.63. The van der Waals surface area contributed by atoms with Gasteiger partial charge in [-0.1, -0.05) is 19.3 Å². The van der Waals surface area contributed by atoms with Crippen LogP contribution in [0.4, 0.5) is 0 Å². The molecule has 5 rings (SSSR count). The van der Waals surface area contributed by atoms with Crippen molar-refractivity contribution in [2.75, 3.05) is 13.2 Å². The van der Waals surface area contributed by atoms with E-state index >= 15 is 0 Å². The van der Waals surface area contributed by atoms with E-state index in [0.29, 0.717) is 30.7 Å². The van der Waals surface area contributed by atoms with Gasteiger partial charge in [-0.2, -0.15) is 0 Å². The number of hydrogen-bond acceptors (Lipinski definition) is 3. The Balaban J connectivity index is 1.49. The van der Waals surface area contributed by atoms with E-state index in [1.807, 2.05) is 27.3 Å². The van der Waals surface area contributed by atoms with Crippen molar-refractivity contribution in [2.24, 2.45) is 5.92 Å². The number of ether oxygens (including phenoxy) is 1. The van der Waals surface area contributed by atoms with Crippen molar-refractivity contribution >= 4 is 16.9 Å². The third-order valence-corrected chi connectivity index (χ3v) is 6.86. The second-order valence-electron chi connectivity index (χ2n) is 9.06. The second kappa shape index (κ2) is 7.98. The molecule has 2 heterocycles. The zero-order chi connectivity index (χ0) is 19.8. The maximum atomic E-state index is 13.4. The van der Waals surface area contributed by atoms with Crippen LogP contribution in [0.3, 0.4) is 0 Å². The van der Waals surface area contributed by atoms with Crippen LogP contribution in [0.15, 0.2) is 23.0 Å². The van der Waals surface area contributed by atoms with Gasteiger partial charge in [-0.25, -0.2) is 4.79 Å². The Morgan fingerprint density at radius 1 is 1.00 bits per heavy atom. The van der Waals surface area contributed by atoms with Crippen LogP contribution in [-0.4, -0.2) is 34.3 Å². The largest absolute Gasteiger partial charge is 0.381 e. The molecule has 3 aliphatic rings. The normalized spacial score (nSPS) is 21.5. The van der Waals surface area contributed by atoms with Crippen LogP contribution in [0.2, 0.25) is 0 Å². The Kier molecular flexibility index (Phi) is 5.20. The highest BCUT2D eigenvalue weighted by Gasteiger charge is 2.28. The molecule has 2 saturated carbocycles. The van der Waals surface area contributed by atoms with Crippen LogP contribution in [0.1, 0.15) is 74.2 Å². The fourth-order valence-corrected chi connectivity index (χ4v) is 4.96. The number of amides is 1. The highest BCUT2D eigenvalue weighted by atomic mass is 16.5. The summed E-state index contributed by atoms with van der Waals surface area (Å²) in [5, 5.41) is 3.14. The lowest BCUT2D eigenvalue weighted by atomic mass is 9.95. The Morgan fingerprint density at radius 3 is 2.48 bits per heavy atom. The predicted molar refractivity (Wildman–Crippen MR) is 112 cm³/mol. The molecule has 1 aliphatic heterocycles. The Bertz CT molecular complexity index is 944. The van der Waals surface area contributed by atoms with Crippen molar-refractivity contribution in [1.82, 2.24) is 14.5 Å². The average Bonchev–Trinajstić information content (AvgIpc) is 3.53. The Labute approximate surface area is 171 Å². The lowest BCUT2D eigenvalue weighted by molar-refractivity contribution is 0.0696. The van der Waals surface area contributed by atoms with Crippen LogP contribution in [-0.2, 0) is 11.3 Å². The molecule has 1 N–H and O–H groups in total. The van der Waals surface area contributed by atoms with E-state index in [9.17, 15) is 9.59 Å². The van der Waals surface area contributed by atoms with Crippen molar-refractivity contribution in [2.45, 2.75) is 76.4 Å². The third kappa shape index (κ3) is 3.87. The number of nitrogens with one attached hydrogen (secondary N) is 1. The summed E-state index contributed by atoms with van der Waals surface area (Å²) in [7, 11) is 0. The van der Waals surface area contributed by atoms with E-state index in [0.717, 1.165) is 43.3 Å². The van der Waals surface area contributed by atoms with Gasteiger partial charge in [-0.15, -0.1) is 0 Å². The van der Waals surface area contributed by atoms with Gasteiger partial charge in [-0.05, 0) is 62.6 Å². The molecule has 6 nitrogen and oxygen atoms in total. The third-order valence-electron chi connectivity index (χ3n) is 6.86. The first kappa shape index (κ1) is 18.9. The van der Waals surface area contributed by atoms with Crippen LogP contribution < -0.4 is 11.0 Å². The van der Waals surface area contributed by atoms with Crippen LogP contribution in [0.5, 0.6) is 0 Å². The molecule has 29 heavy (non-hydrogen) atoms. The van der Waals surface area contributed by atoms with E-state index in [1.54, 1.807) is 0 Å². The molecule has 2 aliphatic carbocycles. The summed E-state index contributed by atoms with van der Waals surface area (Å²) >= 11 is 0. The molecule has 0 atom stereocenters. The molecule has 3 fully saturated rings. The quantitative estimate of drug-likeness (QED) is 0.838. The number of carbonyl (C=O) groups is 1. The summed E-state index contributed by atoms with van der Waals surface area (Å²) in [5.41, 5.74) is 2.67. The average molecular weight is 398 g/mol. The summed E-state index contributed by atoms with van der Waals surface area (Å²) < 4.78 is 9.35. The highest BCUT2D eigenvalue weighted by molar-refractivity contribution is 5.97. The van der Waals surface area contributed by atoms with E-state index in [2.05, 4.69) is 5.32 Å². The van der Waals surface area contributed by atoms with Gasteiger partial charge in [0.2, 0.25) is 0 Å². The minimum Gasteiger partial charge on any atom is -0.381 e. The lowest BCUT2D eigenvalue weighted by Gasteiger charge is -2.23. The first-order valence-electron chi connectivity index (χ1n) is 11.3. The van der Waals surface area contributed by atoms with Crippen molar-refractivity contribution < 1.29 is 9.53 Å². The van der Waals surface area contributed by atoms with Gasteiger partial charge >= 0.3 is 5.69 Å². The molecule has 0 bridgehead atoms. The number of carbonyl (C=O) groups excluding carboxylic acids is 1. The number of aromatic nitrogens is 2. The maximum absolute atomic E-state index is 13.4. The van der Waals surface area contributed by atoms with E-state index in [1.165, 1.54) is 32.1 Å². The smallest absolute Gasteiger partial charge is 0.329 e. The number of benzene rings is 1. The molecule has 0 radical (unpaired) electrons. The Hall–Kier alpha value is -2.08. The minimum absolute atomic E-state index is 0.0466. The molecular weight excluding hydrogens is 366 g/mol. The molecule has 6 heteroatoms. The number of hydrogen-bond donors (Lipinski definition) is 1. The molecule has 156 valence electrons. The molecule has 1 saturated heterocycles. The summed E-state index contributed by atoms with van der Waals surface area (Å²) in [6, 6.07) is 6.28. The van der Waals surface area contributed by atoms with E-state index in [4.69, 9.17) is 4.74 Å². The topological polar surface area (TPSA) is 65.3 Å². The summed E-state index contributed by atoms with van der Waals surface area (Å²) in [6.07, 6.45) is 9.93. The number of fused-ring (bicyclic) bond motifs is 1. The van der Waals surface area contributed by atoms with Crippen LogP contribution in [0.25, 0.3) is 11.0 Å². The van der Waals surface area contributed by atoms with Crippen LogP contribution >= 0.6 is 0 Å². The molecule has 2 aromatic rings. The van der Waals surface area contributed by atoms with Gasteiger partial charge in [-0.3, -0.25) is 13.9 Å². The van der Waals surface area contributed by atoms with Crippen molar-refractivity contribution in [3.05, 3.63) is 34.2 Å². The molecule has 0 unspecified atom stereocenters. The number of rotatable bonds is 5. The lowest BCUT2D eigenvalue weighted by Crippen LogP contribution is -2.38. The van der Waals surface area contributed by atoms with E-state index in [-0.39, 0.29) is 17.6 Å². The summed E-state index contributed by atoms with van der Waals surface area (Å²) in [5.74, 6) is 0.562. The second-order valence-corrected chi connectivity index (χ2v) is 9.06. The van der Waals surface area contributed by atoms with Gasteiger partial charge < -0.3 is 10.1 Å². The van der Waals surface area contributed by atoms with Gasteiger partial charge in [0.15, 0.2) is 0 Å². The number of nitrogens with zero attached hydrogens (tertiary/aromatic N) is 2. The monoisotopic (exact) mass is 397 g/mol. The van der Waals surface area contributed by atoms with Gasteiger partial charge in [0.25, 0.3) is 5.91 Å². The minimum atomic E-state index is -0.0466. The molecule has 1 amide bonds. The van der Waals surface area contributed by atoms with Gasteiger partial charge in [0.1, 0.15) is 0 Å². The number of imidazole rings is 1. The van der Waals surface area contributed by atoms with Crippen molar-refractivity contribution in [3.63, 3.8) is 0 Å². The zero-order valence-electron chi connectivity index (χ0n) is 17.1. The highest BCUT2D eigenvalue weighted by Crippen LogP contribution is 2.33. The van der Waals surface area contributed by atoms with Gasteiger partial charge in [0.05, 0.1) is 11.0 Å². The molecule has 1 aromatic carbocycles. The first-order chi connectivity index (χ1) is 14.2. The maximum Gasteiger partial charge on any atom is 0.329 e. The standard InChI is InChI=1S/C23H31N3O3/c27-22(24-18-10-12-29-13-11-18)17-8-9-20-21(14-17)25(15-16-6-7-16)23(28)26(20)19-4-2-1-3-5-19/h8-9,14,16,18-19H,1-7,10-13,15H2,(H,24,27). The fourth-order valence-electron chi connectivity index (χ4n) is 4.96. The molecule has 0 spiro atoms. The SMILES string of the molecule is O=C(NC1CCOCC1)c1ccc2c(c1)n(CC1CC1)c(=O)n2C1CCCCC1. The molecular formula is C23H31N3O3. The van der Waals surface area contributed by atoms with Gasteiger partial charge in [0, 0.05) is 37.4 Å². The van der Waals surface area contributed by atoms with Crippen molar-refractivity contribution in [1.29, 1.82) is 0 Å². The van der Waals surface area contributed by atoms with Crippen LogP contribution in [0, 0.1) is 5.92 Å². The fraction of sp³-hybridized carbons (Fsp3) is 0.652. The zero-order valence-corrected chi connectivity index (χ0v) is 17.1. The molecule has 1 aromatic heterocycles. The summed E-state index contributed by atoms with van der Waals surface area (Å²) in [6.45, 7) is 2.18. The summed E-state index contributed by atoms with van der Waals surface area (Å²) in [4.78, 5) is 26.2. The van der Waals surface area contributed by atoms with Crippen molar-refractivity contribution in [3.8, 4) is 0 Å². The van der Waals surface area contributed by atoms with E-state index < -0.39 is 0 Å².